The lowest BCUT2D eigenvalue weighted by atomic mass is 9.72. The highest BCUT2D eigenvalue weighted by Gasteiger charge is 2.36. The summed E-state index contributed by atoms with van der Waals surface area (Å²) in [4.78, 5) is 0. The molecule has 1 N–H and O–H groups in total. The van der Waals surface area contributed by atoms with Gasteiger partial charge in [-0.05, 0) is 44.4 Å². The molecule has 1 atom stereocenters. The Kier molecular flexibility index (Phi) is 6.30. The predicted octanol–water partition coefficient (Wildman–Crippen LogP) is 4.96. The van der Waals surface area contributed by atoms with E-state index >= 15 is 0 Å². The second-order valence-corrected chi connectivity index (χ2v) is 5.49. The number of hydrogen-bond donors (Lipinski definition) is 1. The Bertz CT molecular complexity index is 408. The van der Waals surface area contributed by atoms with Crippen molar-refractivity contribution in [1.82, 2.24) is 5.32 Å². The zero-order chi connectivity index (χ0) is 14.3. The molecule has 1 unspecified atom stereocenters. The fourth-order valence-corrected chi connectivity index (χ4v) is 2.93. The van der Waals surface area contributed by atoms with Crippen molar-refractivity contribution in [2.24, 2.45) is 0 Å². The molecule has 0 aromatic heterocycles. The van der Waals surface area contributed by atoms with Crippen LogP contribution >= 0.6 is 0 Å². The first-order valence-electron chi connectivity index (χ1n) is 7.55. The maximum atomic E-state index is 4.29. The second kappa shape index (κ2) is 7.49. The van der Waals surface area contributed by atoms with Crippen molar-refractivity contribution in [3.8, 4) is 0 Å². The molecule has 1 saturated carbocycles. The van der Waals surface area contributed by atoms with Gasteiger partial charge in [-0.15, -0.1) is 0 Å². The van der Waals surface area contributed by atoms with Crippen LogP contribution in [0.25, 0.3) is 0 Å². The maximum Gasteiger partial charge on any atom is 0.0647 e. The third kappa shape index (κ3) is 3.48. The number of likely N-dealkylation sites (N-methyl/N-ethyl adjacent to an activating group) is 1. The van der Waals surface area contributed by atoms with Gasteiger partial charge >= 0.3 is 0 Å². The molecule has 1 aromatic rings. The van der Waals surface area contributed by atoms with Gasteiger partial charge in [-0.3, -0.25) is 0 Å². The monoisotopic (exact) mass is 259 g/mol. The van der Waals surface area contributed by atoms with E-state index in [2.05, 4.69) is 64.0 Å². The molecule has 1 aliphatic carbocycles. The third-order valence-corrected chi connectivity index (χ3v) is 3.92. The molecule has 1 fully saturated rings. The summed E-state index contributed by atoms with van der Waals surface area (Å²) in [5.74, 6) is 0. The quantitative estimate of drug-likeness (QED) is 0.740. The van der Waals surface area contributed by atoms with Crippen LogP contribution < -0.4 is 5.32 Å². The van der Waals surface area contributed by atoms with E-state index in [0.29, 0.717) is 0 Å². The summed E-state index contributed by atoms with van der Waals surface area (Å²) in [7, 11) is 2.06. The number of nitrogens with one attached hydrogen (secondary N) is 1. The van der Waals surface area contributed by atoms with Gasteiger partial charge in [0, 0.05) is 0 Å². The largest absolute Gasteiger partial charge is 0.307 e. The van der Waals surface area contributed by atoms with E-state index in [0.717, 1.165) is 6.42 Å². The molecule has 0 spiro atoms. The Morgan fingerprint density at radius 3 is 2.37 bits per heavy atom. The summed E-state index contributed by atoms with van der Waals surface area (Å²) >= 11 is 0. The smallest absolute Gasteiger partial charge is 0.0647 e. The summed E-state index contributed by atoms with van der Waals surface area (Å²) in [6.07, 6.45) is 6.14. The van der Waals surface area contributed by atoms with E-state index in [1.54, 1.807) is 0 Å². The minimum atomic E-state index is 0.0175. The summed E-state index contributed by atoms with van der Waals surface area (Å²) < 4.78 is 0. The Morgan fingerprint density at radius 1 is 1.21 bits per heavy atom. The molecule has 19 heavy (non-hydrogen) atoms. The van der Waals surface area contributed by atoms with Crippen LogP contribution in [0.2, 0.25) is 0 Å². The number of benzene rings is 1. The summed E-state index contributed by atoms with van der Waals surface area (Å²) in [5, 5.41) is 3.52. The first-order valence-corrected chi connectivity index (χ1v) is 7.55. The van der Waals surface area contributed by atoms with Crippen molar-refractivity contribution >= 4 is 0 Å². The van der Waals surface area contributed by atoms with E-state index in [4.69, 9.17) is 0 Å². The minimum Gasteiger partial charge on any atom is -0.307 e. The van der Waals surface area contributed by atoms with Gasteiger partial charge < -0.3 is 5.32 Å². The van der Waals surface area contributed by atoms with Crippen molar-refractivity contribution < 1.29 is 0 Å². The van der Waals surface area contributed by atoms with Gasteiger partial charge in [-0.25, -0.2) is 0 Å². The molecule has 1 heteroatoms. The van der Waals surface area contributed by atoms with Crippen molar-refractivity contribution in [2.75, 3.05) is 7.05 Å². The molecule has 1 nitrogen and oxygen atoms in total. The molecule has 106 valence electrons. The highest BCUT2D eigenvalue weighted by Crippen LogP contribution is 2.41. The Hall–Kier alpha value is -1.08. The molecule has 0 bridgehead atoms. The lowest BCUT2D eigenvalue weighted by Gasteiger charge is -2.40. The maximum absolute atomic E-state index is 4.29. The zero-order valence-corrected chi connectivity index (χ0v) is 13.1. The topological polar surface area (TPSA) is 12.0 Å². The van der Waals surface area contributed by atoms with E-state index in [9.17, 15) is 0 Å². The highest BCUT2D eigenvalue weighted by atomic mass is 14.9. The molecule has 0 radical (unpaired) electrons. The Labute approximate surface area is 119 Å². The van der Waals surface area contributed by atoms with E-state index in [1.165, 1.54) is 42.4 Å². The molecule has 0 aliphatic heterocycles. The third-order valence-electron chi connectivity index (χ3n) is 3.92. The Morgan fingerprint density at radius 2 is 1.84 bits per heavy atom. The van der Waals surface area contributed by atoms with Crippen LogP contribution in [0.5, 0.6) is 0 Å². The second-order valence-electron chi connectivity index (χ2n) is 5.49. The lowest BCUT2D eigenvalue weighted by molar-refractivity contribution is 0.333. The molecular weight excluding hydrogens is 230 g/mol. The van der Waals surface area contributed by atoms with Gasteiger partial charge in [-0.2, -0.15) is 0 Å². The number of aryl methyl sites for hydroxylation is 1. The molecule has 1 aromatic carbocycles. The number of rotatable bonds is 2. The summed E-state index contributed by atoms with van der Waals surface area (Å²) in [5.41, 5.74) is 4.13. The van der Waals surface area contributed by atoms with E-state index in [-0.39, 0.29) is 5.54 Å². The predicted molar refractivity (Wildman–Crippen MR) is 85.5 cm³/mol. The van der Waals surface area contributed by atoms with Crippen LogP contribution in [-0.4, -0.2) is 7.05 Å². The highest BCUT2D eigenvalue weighted by molar-refractivity contribution is 5.40. The summed E-state index contributed by atoms with van der Waals surface area (Å²) in [6.45, 7) is 10.7. The van der Waals surface area contributed by atoms with Crippen molar-refractivity contribution in [1.29, 1.82) is 0 Å². The average Bonchev–Trinajstić information content (AvgIpc) is 2.41. The van der Waals surface area contributed by atoms with Gasteiger partial charge in [0.15, 0.2) is 0 Å². The lowest BCUT2D eigenvalue weighted by Crippen LogP contribution is -2.43. The fraction of sp³-hybridized carbons (Fsp3) is 0.556. The molecule has 0 saturated heterocycles. The van der Waals surface area contributed by atoms with Crippen LogP contribution in [0.3, 0.4) is 0 Å². The standard InChI is InChI=1S/C15H21N.C3H8/c1-12-8-4-5-10-14(12)15(16-3)11-7-6-9-13(15)2;1-3-2/h4-5,8,10,16H,2,6-7,9,11H2,1,3H3;3H2,1-2H3. The van der Waals surface area contributed by atoms with E-state index < -0.39 is 0 Å². The Balaban J connectivity index is 0.000000550. The van der Waals surface area contributed by atoms with Crippen molar-refractivity contribution in [3.05, 3.63) is 47.5 Å². The molecule has 0 heterocycles. The van der Waals surface area contributed by atoms with Crippen LogP contribution in [-0.2, 0) is 5.54 Å². The molecule has 2 rings (SSSR count). The molecular formula is C18H29N. The van der Waals surface area contributed by atoms with Crippen molar-refractivity contribution in [2.45, 2.75) is 58.4 Å². The SMILES string of the molecule is C=C1CCCCC1(NC)c1ccccc1C.CCC. The van der Waals surface area contributed by atoms with Crippen LogP contribution in [0.15, 0.2) is 36.4 Å². The zero-order valence-electron chi connectivity index (χ0n) is 13.1. The van der Waals surface area contributed by atoms with Crippen LogP contribution in [0, 0.1) is 6.92 Å². The minimum absolute atomic E-state index is 0.0175. The van der Waals surface area contributed by atoms with Gasteiger partial charge in [0.05, 0.1) is 5.54 Å². The van der Waals surface area contributed by atoms with Gasteiger partial charge in [0.2, 0.25) is 0 Å². The van der Waals surface area contributed by atoms with Crippen LogP contribution in [0.1, 0.15) is 57.1 Å². The molecule has 0 amide bonds. The summed E-state index contributed by atoms with van der Waals surface area (Å²) in [6, 6.07) is 8.66. The first kappa shape index (κ1) is 16.0. The molecule has 1 aliphatic rings. The average molecular weight is 259 g/mol. The normalized spacial score (nSPS) is 22.6. The first-order chi connectivity index (χ1) is 9.12. The fourth-order valence-electron chi connectivity index (χ4n) is 2.93. The van der Waals surface area contributed by atoms with Gasteiger partial charge in [-0.1, -0.05) is 63.1 Å². The van der Waals surface area contributed by atoms with Gasteiger partial charge in [0.25, 0.3) is 0 Å². The number of hydrogen-bond acceptors (Lipinski definition) is 1. The van der Waals surface area contributed by atoms with Crippen LogP contribution in [0.4, 0.5) is 0 Å². The van der Waals surface area contributed by atoms with Crippen molar-refractivity contribution in [3.63, 3.8) is 0 Å². The van der Waals surface area contributed by atoms with Gasteiger partial charge in [0.1, 0.15) is 0 Å². The van der Waals surface area contributed by atoms with E-state index in [1.807, 2.05) is 0 Å².